The van der Waals surface area contributed by atoms with Crippen LogP contribution >= 0.6 is 0 Å². The number of hydrogen-bond acceptors (Lipinski definition) is 5. The minimum absolute atomic E-state index is 0.401. The first-order valence-electron chi connectivity index (χ1n) is 12.7. The number of carboxylic acid groups (broad SMARTS) is 2. The van der Waals surface area contributed by atoms with Crippen molar-refractivity contribution < 1.29 is 24.5 Å². The maximum absolute atomic E-state index is 9.55. The lowest BCUT2D eigenvalue weighted by Crippen LogP contribution is -2.47. The summed E-state index contributed by atoms with van der Waals surface area (Å²) in [6.07, 6.45) is 4.03. The topological polar surface area (TPSA) is 90.3 Å². The second-order valence-electron chi connectivity index (χ2n) is 9.15. The first-order valence-corrected chi connectivity index (χ1v) is 12.7. The van der Waals surface area contributed by atoms with E-state index in [-0.39, 0.29) is 0 Å². The Morgan fingerprint density at radius 1 is 0.973 bits per heavy atom. The van der Waals surface area contributed by atoms with Gasteiger partial charge in [-0.05, 0) is 37.0 Å². The van der Waals surface area contributed by atoms with Gasteiger partial charge in [0.25, 0.3) is 0 Å². The summed E-state index contributed by atoms with van der Waals surface area (Å²) in [4.78, 5) is 24.1. The number of benzene rings is 2. The van der Waals surface area contributed by atoms with Crippen LogP contribution in [-0.4, -0.2) is 77.8 Å². The van der Waals surface area contributed by atoms with Crippen LogP contribution in [0.2, 0.25) is 0 Å². The molecule has 37 heavy (non-hydrogen) atoms. The maximum atomic E-state index is 9.55. The van der Waals surface area contributed by atoms with Crippen molar-refractivity contribution in [1.29, 1.82) is 0 Å². The van der Waals surface area contributed by atoms with Crippen LogP contribution in [0.25, 0.3) is 0 Å². The van der Waals surface area contributed by atoms with Gasteiger partial charge in [-0.2, -0.15) is 0 Å². The van der Waals surface area contributed by atoms with E-state index in [4.69, 9.17) is 14.9 Å². The number of rotatable bonds is 11. The highest BCUT2D eigenvalue weighted by Crippen LogP contribution is 2.39. The number of aryl methyl sites for hydroxylation is 2. The molecule has 3 rings (SSSR count). The molecule has 0 saturated carbocycles. The Morgan fingerprint density at radius 2 is 1.57 bits per heavy atom. The molecule has 1 aliphatic heterocycles. The van der Waals surface area contributed by atoms with Crippen LogP contribution in [0.5, 0.6) is 0 Å². The molecule has 2 aromatic rings. The van der Waals surface area contributed by atoms with Crippen LogP contribution in [0, 0.1) is 13.8 Å². The number of carboxylic acids is 2. The molecule has 200 valence electrons. The largest absolute Gasteiger partial charge is 0.478 e. The minimum Gasteiger partial charge on any atom is -0.478 e. The zero-order chi connectivity index (χ0) is 27.3. The van der Waals surface area contributed by atoms with Gasteiger partial charge in [0, 0.05) is 51.4 Å². The molecule has 1 heterocycles. The second kappa shape index (κ2) is 15.1. The zero-order valence-electron chi connectivity index (χ0n) is 22.2. The quantitative estimate of drug-likeness (QED) is 0.341. The van der Waals surface area contributed by atoms with E-state index < -0.39 is 17.5 Å². The first-order chi connectivity index (χ1) is 17.7. The summed E-state index contributed by atoms with van der Waals surface area (Å²) in [7, 11) is 0. The molecule has 2 N–H and O–H groups in total. The summed E-state index contributed by atoms with van der Waals surface area (Å²) in [6.45, 7) is 17.6. The Hall–Kier alpha value is -3.26. The third-order valence-electron chi connectivity index (χ3n) is 6.54. The van der Waals surface area contributed by atoms with E-state index in [1.807, 2.05) is 6.08 Å². The van der Waals surface area contributed by atoms with Crippen LogP contribution in [-0.2, 0) is 19.9 Å². The summed E-state index contributed by atoms with van der Waals surface area (Å²) in [5, 5.41) is 15.6. The average Bonchev–Trinajstić information content (AvgIpc) is 2.89. The highest BCUT2D eigenvalue weighted by molar-refractivity contribution is 5.89. The zero-order valence-corrected chi connectivity index (χ0v) is 22.2. The molecule has 0 aromatic heterocycles. The Balaban J connectivity index is 0.000000521. The highest BCUT2D eigenvalue weighted by Gasteiger charge is 2.35. The van der Waals surface area contributed by atoms with E-state index in [2.05, 4.69) is 85.7 Å². The van der Waals surface area contributed by atoms with E-state index in [0.717, 1.165) is 52.3 Å². The van der Waals surface area contributed by atoms with Gasteiger partial charge in [-0.25, -0.2) is 9.59 Å². The molecule has 2 aromatic carbocycles. The Bertz CT molecular complexity index is 1030. The van der Waals surface area contributed by atoms with Crippen LogP contribution in [0.1, 0.15) is 35.6 Å². The van der Waals surface area contributed by atoms with Gasteiger partial charge in [0.1, 0.15) is 5.60 Å². The molecule has 0 amide bonds. The fourth-order valence-electron chi connectivity index (χ4n) is 4.56. The molecule has 7 heteroatoms. The third-order valence-corrected chi connectivity index (χ3v) is 6.54. The normalized spacial score (nSPS) is 16.0. The van der Waals surface area contributed by atoms with Crippen molar-refractivity contribution in [3.8, 4) is 0 Å². The van der Waals surface area contributed by atoms with Crippen molar-refractivity contribution in [2.45, 2.75) is 32.8 Å². The van der Waals surface area contributed by atoms with Gasteiger partial charge >= 0.3 is 11.9 Å². The predicted molar refractivity (Wildman–Crippen MR) is 147 cm³/mol. The van der Waals surface area contributed by atoms with Crippen molar-refractivity contribution in [3.05, 3.63) is 95.6 Å². The summed E-state index contributed by atoms with van der Waals surface area (Å²) in [5.41, 5.74) is 4.71. The standard InChI is InChI=1S/C26H36N2O.C4H4O4/c1-5-14-27-15-17-28(18-16-27)19-20-29-26(6-2,24-10-8-7-9-11-24)25-21-22(3)12-13-23(25)4;5-3(6)1-2-4(7)8/h5,7-13,21H,1,6,14-20H2,2-4H3;1-2H,(H,5,6)(H,7,8). The number of nitrogens with zero attached hydrogens (tertiary/aromatic N) is 2. The number of hydrogen-bond donors (Lipinski definition) is 2. The maximum Gasteiger partial charge on any atom is 0.328 e. The predicted octanol–water partition coefficient (Wildman–Crippen LogP) is 4.49. The number of carbonyl (C=O) groups is 2. The molecule has 0 aliphatic carbocycles. The lowest BCUT2D eigenvalue weighted by molar-refractivity contribution is -0.134. The molecule has 7 nitrogen and oxygen atoms in total. The van der Waals surface area contributed by atoms with Crippen molar-refractivity contribution >= 4 is 11.9 Å². The summed E-state index contributed by atoms with van der Waals surface area (Å²) in [6, 6.07) is 17.4. The molecule has 1 aliphatic rings. The molecular weight excluding hydrogens is 468 g/mol. The lowest BCUT2D eigenvalue weighted by atomic mass is 9.81. The average molecular weight is 509 g/mol. The van der Waals surface area contributed by atoms with E-state index in [1.165, 1.54) is 22.3 Å². The molecule has 0 bridgehead atoms. The third kappa shape index (κ3) is 9.28. The van der Waals surface area contributed by atoms with Crippen molar-refractivity contribution in [2.24, 2.45) is 0 Å². The number of ether oxygens (including phenoxy) is 1. The van der Waals surface area contributed by atoms with Crippen LogP contribution < -0.4 is 0 Å². The smallest absolute Gasteiger partial charge is 0.328 e. The molecule has 0 spiro atoms. The van der Waals surface area contributed by atoms with Crippen molar-refractivity contribution in [1.82, 2.24) is 9.80 Å². The number of piperazine rings is 1. The van der Waals surface area contributed by atoms with Crippen molar-refractivity contribution in [2.75, 3.05) is 45.9 Å². The fraction of sp³-hybridized carbons (Fsp3) is 0.400. The highest BCUT2D eigenvalue weighted by atomic mass is 16.5. The van der Waals surface area contributed by atoms with Gasteiger partial charge < -0.3 is 14.9 Å². The fourth-order valence-corrected chi connectivity index (χ4v) is 4.56. The molecule has 1 atom stereocenters. The minimum atomic E-state index is -1.26. The molecular formula is C30H40N2O5. The Kier molecular flexibility index (Phi) is 12.2. The molecule has 1 fully saturated rings. The molecule has 0 radical (unpaired) electrons. The molecule has 1 saturated heterocycles. The SMILES string of the molecule is C=CCN1CCN(CCOC(CC)(c2ccccc2)c2cc(C)ccc2C)CC1.O=C(O)C=CC(=O)O. The summed E-state index contributed by atoms with van der Waals surface area (Å²) < 4.78 is 6.79. The van der Waals surface area contributed by atoms with Crippen LogP contribution in [0.15, 0.2) is 73.3 Å². The monoisotopic (exact) mass is 508 g/mol. The lowest BCUT2D eigenvalue weighted by Gasteiger charge is -2.38. The van der Waals surface area contributed by atoms with Gasteiger partial charge in [-0.15, -0.1) is 6.58 Å². The van der Waals surface area contributed by atoms with E-state index >= 15 is 0 Å². The Morgan fingerprint density at radius 3 is 2.11 bits per heavy atom. The number of aliphatic carboxylic acids is 2. The van der Waals surface area contributed by atoms with Crippen LogP contribution in [0.3, 0.4) is 0 Å². The molecule has 1 unspecified atom stereocenters. The van der Waals surface area contributed by atoms with Gasteiger partial charge in [-0.1, -0.05) is 67.1 Å². The second-order valence-corrected chi connectivity index (χ2v) is 9.15. The first kappa shape index (κ1) is 30.0. The van der Waals surface area contributed by atoms with Gasteiger partial charge in [0.05, 0.1) is 6.61 Å². The van der Waals surface area contributed by atoms with Crippen LogP contribution in [0.4, 0.5) is 0 Å². The van der Waals surface area contributed by atoms with E-state index in [1.54, 1.807) is 0 Å². The summed E-state index contributed by atoms with van der Waals surface area (Å²) in [5.74, 6) is -2.51. The van der Waals surface area contributed by atoms with E-state index in [0.29, 0.717) is 12.2 Å². The van der Waals surface area contributed by atoms with Gasteiger partial charge in [0.2, 0.25) is 0 Å². The van der Waals surface area contributed by atoms with Gasteiger partial charge in [-0.3, -0.25) is 9.80 Å². The van der Waals surface area contributed by atoms with E-state index in [9.17, 15) is 9.59 Å². The van der Waals surface area contributed by atoms with Gasteiger partial charge in [0.15, 0.2) is 0 Å². The summed E-state index contributed by atoms with van der Waals surface area (Å²) >= 11 is 0. The Labute approximate surface area is 220 Å². The van der Waals surface area contributed by atoms with Crippen molar-refractivity contribution in [3.63, 3.8) is 0 Å².